The number of aromatic nitrogens is 1. The van der Waals surface area contributed by atoms with Gasteiger partial charge in [-0.15, -0.1) is 0 Å². The zero-order valence-electron chi connectivity index (χ0n) is 8.47. The van der Waals surface area contributed by atoms with Crippen LogP contribution in [0.1, 0.15) is 25.3 Å². The van der Waals surface area contributed by atoms with Crippen molar-refractivity contribution in [2.45, 2.75) is 19.8 Å². The van der Waals surface area contributed by atoms with Crippen LogP contribution in [-0.4, -0.2) is 21.9 Å². The molecule has 80 valence electrons. The Morgan fingerprint density at radius 3 is 2.73 bits per heavy atom. The maximum absolute atomic E-state index is 10.3. The summed E-state index contributed by atoms with van der Waals surface area (Å²) >= 11 is 0. The minimum Gasteiger partial charge on any atom is -0.464 e. The largest absolute Gasteiger partial charge is 0.464 e. The Balaban J connectivity index is 2.83. The third-order valence-electron chi connectivity index (χ3n) is 1.79. The molecule has 0 saturated heterocycles. The normalized spacial score (nSPS) is 11.1. The molecule has 0 fully saturated rings. The molecular formula is C10H13N3O2. The maximum Gasteiger partial charge on any atom is 0.425 e. The summed E-state index contributed by atoms with van der Waals surface area (Å²) in [5, 5.41) is 12.3. The fourth-order valence-electron chi connectivity index (χ4n) is 1.16. The van der Waals surface area contributed by atoms with Gasteiger partial charge >= 0.3 is 6.09 Å². The van der Waals surface area contributed by atoms with E-state index in [0.717, 1.165) is 24.1 Å². The highest BCUT2D eigenvalue weighted by Gasteiger charge is 2.02. The van der Waals surface area contributed by atoms with E-state index in [1.807, 2.05) is 12.3 Å². The van der Waals surface area contributed by atoms with Crippen molar-refractivity contribution in [3.05, 3.63) is 30.1 Å². The van der Waals surface area contributed by atoms with Crippen molar-refractivity contribution in [1.82, 2.24) is 10.4 Å². The molecule has 0 aromatic carbocycles. The molecule has 1 rings (SSSR count). The smallest absolute Gasteiger partial charge is 0.425 e. The Labute approximate surface area is 87.8 Å². The van der Waals surface area contributed by atoms with Gasteiger partial charge in [-0.05, 0) is 18.6 Å². The molecule has 5 heteroatoms. The summed E-state index contributed by atoms with van der Waals surface area (Å²) in [5.74, 6) is 0. The number of hydrogen-bond acceptors (Lipinski definition) is 3. The Morgan fingerprint density at radius 2 is 2.20 bits per heavy atom. The van der Waals surface area contributed by atoms with E-state index in [1.165, 1.54) is 0 Å². The van der Waals surface area contributed by atoms with Crippen molar-refractivity contribution in [3.8, 4) is 0 Å². The number of nitrogens with zero attached hydrogens (tertiary/aromatic N) is 2. The van der Waals surface area contributed by atoms with Crippen LogP contribution >= 0.6 is 0 Å². The monoisotopic (exact) mass is 207 g/mol. The lowest BCUT2D eigenvalue weighted by Gasteiger charge is -2.04. The van der Waals surface area contributed by atoms with Crippen LogP contribution in [0.5, 0.6) is 0 Å². The summed E-state index contributed by atoms with van der Waals surface area (Å²) in [4.78, 5) is 14.2. The minimum absolute atomic E-state index is 0.724. The van der Waals surface area contributed by atoms with Crippen LogP contribution in [0, 0.1) is 0 Å². The highest BCUT2D eigenvalue weighted by atomic mass is 16.4. The average molecular weight is 207 g/mol. The van der Waals surface area contributed by atoms with Crippen molar-refractivity contribution >= 4 is 11.8 Å². The van der Waals surface area contributed by atoms with Gasteiger partial charge < -0.3 is 5.11 Å². The van der Waals surface area contributed by atoms with Gasteiger partial charge in [0, 0.05) is 18.0 Å². The molecule has 2 N–H and O–H groups in total. The van der Waals surface area contributed by atoms with Crippen molar-refractivity contribution in [1.29, 1.82) is 0 Å². The molecule has 1 aromatic heterocycles. The van der Waals surface area contributed by atoms with Crippen LogP contribution in [0.4, 0.5) is 4.79 Å². The fourth-order valence-corrected chi connectivity index (χ4v) is 1.16. The van der Waals surface area contributed by atoms with Crippen LogP contribution in [-0.2, 0) is 0 Å². The summed E-state index contributed by atoms with van der Waals surface area (Å²) in [6.45, 7) is 2.01. The molecule has 0 aliphatic heterocycles. The molecule has 1 amide bonds. The summed E-state index contributed by atoms with van der Waals surface area (Å²) < 4.78 is 0. The quantitative estimate of drug-likeness (QED) is 0.584. The predicted molar refractivity (Wildman–Crippen MR) is 56.8 cm³/mol. The van der Waals surface area contributed by atoms with Gasteiger partial charge in [-0.3, -0.25) is 4.98 Å². The molecule has 0 unspecified atom stereocenters. The van der Waals surface area contributed by atoms with E-state index in [1.54, 1.807) is 24.5 Å². The van der Waals surface area contributed by atoms with Gasteiger partial charge in [0.15, 0.2) is 0 Å². The van der Waals surface area contributed by atoms with Gasteiger partial charge in [0.2, 0.25) is 0 Å². The third-order valence-corrected chi connectivity index (χ3v) is 1.79. The van der Waals surface area contributed by atoms with Gasteiger partial charge in [0.05, 0.1) is 5.71 Å². The standard InChI is InChI=1S/C10H13N3O2/c1-2-3-9(12-13-10(14)15)8-4-6-11-7-5-8/h4-7,13H,2-3H2,1H3,(H,14,15)/b12-9+. The Morgan fingerprint density at radius 1 is 1.53 bits per heavy atom. The lowest BCUT2D eigenvalue weighted by atomic mass is 10.1. The second-order valence-electron chi connectivity index (χ2n) is 2.96. The van der Waals surface area contributed by atoms with E-state index >= 15 is 0 Å². The molecule has 1 aromatic rings. The van der Waals surface area contributed by atoms with Crippen LogP contribution < -0.4 is 5.43 Å². The lowest BCUT2D eigenvalue weighted by molar-refractivity contribution is 0.195. The van der Waals surface area contributed by atoms with E-state index in [-0.39, 0.29) is 0 Å². The van der Waals surface area contributed by atoms with Crippen molar-refractivity contribution in [2.75, 3.05) is 0 Å². The van der Waals surface area contributed by atoms with E-state index in [4.69, 9.17) is 5.11 Å². The number of hydrogen-bond donors (Lipinski definition) is 2. The molecule has 0 aliphatic carbocycles. The first-order valence-corrected chi connectivity index (χ1v) is 4.70. The maximum atomic E-state index is 10.3. The van der Waals surface area contributed by atoms with Crippen molar-refractivity contribution in [3.63, 3.8) is 0 Å². The van der Waals surface area contributed by atoms with E-state index in [9.17, 15) is 4.79 Å². The first kappa shape index (κ1) is 11.2. The van der Waals surface area contributed by atoms with Crippen LogP contribution in [0.25, 0.3) is 0 Å². The summed E-state index contributed by atoms with van der Waals surface area (Å²) in [6.07, 6.45) is 3.78. The fraction of sp³-hybridized carbons (Fsp3) is 0.300. The van der Waals surface area contributed by atoms with Gasteiger partial charge in [-0.1, -0.05) is 13.3 Å². The number of pyridine rings is 1. The number of carbonyl (C=O) groups is 1. The van der Waals surface area contributed by atoms with Gasteiger partial charge in [-0.25, -0.2) is 10.2 Å². The highest BCUT2D eigenvalue weighted by molar-refractivity contribution is 6.00. The average Bonchev–Trinajstić information content (AvgIpc) is 2.25. The first-order chi connectivity index (χ1) is 7.24. The van der Waals surface area contributed by atoms with Crippen LogP contribution in [0.15, 0.2) is 29.6 Å². The van der Waals surface area contributed by atoms with Crippen molar-refractivity contribution in [2.24, 2.45) is 5.10 Å². The predicted octanol–water partition coefficient (Wildman–Crippen LogP) is 1.85. The summed E-state index contributed by atoms with van der Waals surface area (Å²) in [7, 11) is 0. The first-order valence-electron chi connectivity index (χ1n) is 4.70. The van der Waals surface area contributed by atoms with Crippen molar-refractivity contribution < 1.29 is 9.90 Å². The second kappa shape index (κ2) is 5.74. The molecule has 0 saturated carbocycles. The number of nitrogens with one attached hydrogen (secondary N) is 1. The molecule has 15 heavy (non-hydrogen) atoms. The van der Waals surface area contributed by atoms with E-state index < -0.39 is 6.09 Å². The number of carboxylic acid groups (broad SMARTS) is 1. The van der Waals surface area contributed by atoms with Gasteiger partial charge in [0.25, 0.3) is 0 Å². The van der Waals surface area contributed by atoms with Gasteiger partial charge in [0.1, 0.15) is 0 Å². The molecule has 1 heterocycles. The Hall–Kier alpha value is -1.91. The van der Waals surface area contributed by atoms with Gasteiger partial charge in [-0.2, -0.15) is 5.10 Å². The molecule has 0 bridgehead atoms. The molecule has 0 aliphatic rings. The van der Waals surface area contributed by atoms with E-state index in [0.29, 0.717) is 0 Å². The zero-order chi connectivity index (χ0) is 11.1. The molecule has 5 nitrogen and oxygen atoms in total. The lowest BCUT2D eigenvalue weighted by Crippen LogP contribution is -2.17. The van der Waals surface area contributed by atoms with Crippen LogP contribution in [0.2, 0.25) is 0 Å². The summed E-state index contributed by atoms with van der Waals surface area (Å²) in [6, 6.07) is 3.61. The SMILES string of the molecule is CCC/C(=N\NC(=O)O)c1ccncc1. The highest BCUT2D eigenvalue weighted by Crippen LogP contribution is 2.04. The van der Waals surface area contributed by atoms with E-state index in [2.05, 4.69) is 10.1 Å². The Kier molecular flexibility index (Phi) is 4.28. The number of hydrazone groups is 1. The number of rotatable bonds is 4. The summed E-state index contributed by atoms with van der Waals surface area (Å²) in [5.41, 5.74) is 3.63. The zero-order valence-corrected chi connectivity index (χ0v) is 8.47. The van der Waals surface area contributed by atoms with Crippen LogP contribution in [0.3, 0.4) is 0 Å². The molecule has 0 spiro atoms. The number of amides is 1. The topological polar surface area (TPSA) is 74.6 Å². The molecular weight excluding hydrogens is 194 g/mol. The molecule has 0 radical (unpaired) electrons. The minimum atomic E-state index is -1.15. The second-order valence-corrected chi connectivity index (χ2v) is 2.96. The third kappa shape index (κ3) is 3.76. The Bertz CT molecular complexity index is 349. The molecule has 0 atom stereocenters.